The number of amides is 2. The molecule has 138 valence electrons. The molecule has 1 heterocycles. The standard InChI is InChI=1S/C20H25FN4O/c1-24-12-14-25(15-13-24)18-8-6-17(7-9-18)23-20(26)22-11-10-16-4-2-3-5-19(16)21/h2-9H,10-15H2,1H3,(H2,22,23,26). The first-order valence-electron chi connectivity index (χ1n) is 8.93. The molecule has 0 aliphatic carbocycles. The fourth-order valence-corrected chi connectivity index (χ4v) is 3.01. The summed E-state index contributed by atoms with van der Waals surface area (Å²) in [5, 5.41) is 5.57. The van der Waals surface area contributed by atoms with E-state index in [1.165, 1.54) is 11.8 Å². The third-order valence-electron chi connectivity index (χ3n) is 4.63. The average molecular weight is 356 g/mol. The Kier molecular flexibility index (Phi) is 6.07. The molecule has 1 fully saturated rings. The SMILES string of the molecule is CN1CCN(c2ccc(NC(=O)NCCc3ccccc3F)cc2)CC1. The molecule has 1 aliphatic rings. The molecule has 0 aromatic heterocycles. The highest BCUT2D eigenvalue weighted by Gasteiger charge is 2.14. The van der Waals surface area contributed by atoms with E-state index in [9.17, 15) is 9.18 Å². The number of halogens is 1. The monoisotopic (exact) mass is 356 g/mol. The van der Waals surface area contributed by atoms with E-state index in [0.29, 0.717) is 18.5 Å². The van der Waals surface area contributed by atoms with E-state index in [1.807, 2.05) is 24.3 Å². The van der Waals surface area contributed by atoms with Gasteiger partial charge in [-0.25, -0.2) is 9.18 Å². The van der Waals surface area contributed by atoms with Gasteiger partial charge < -0.3 is 20.4 Å². The van der Waals surface area contributed by atoms with Crippen LogP contribution in [-0.4, -0.2) is 50.7 Å². The summed E-state index contributed by atoms with van der Waals surface area (Å²) in [7, 11) is 2.13. The average Bonchev–Trinajstić information content (AvgIpc) is 2.65. The third kappa shape index (κ3) is 4.95. The van der Waals surface area contributed by atoms with Crippen molar-refractivity contribution in [2.24, 2.45) is 0 Å². The lowest BCUT2D eigenvalue weighted by atomic mass is 10.1. The van der Waals surface area contributed by atoms with Crippen molar-refractivity contribution in [1.29, 1.82) is 0 Å². The number of hydrogen-bond donors (Lipinski definition) is 2. The predicted octanol–water partition coefficient (Wildman–Crippen LogP) is 2.94. The first-order valence-corrected chi connectivity index (χ1v) is 8.93. The number of hydrogen-bond acceptors (Lipinski definition) is 3. The van der Waals surface area contributed by atoms with Gasteiger partial charge >= 0.3 is 6.03 Å². The summed E-state index contributed by atoms with van der Waals surface area (Å²) in [5.41, 5.74) is 2.51. The van der Waals surface area contributed by atoms with Crippen molar-refractivity contribution in [3.63, 3.8) is 0 Å². The molecular weight excluding hydrogens is 331 g/mol. The maximum absolute atomic E-state index is 13.5. The lowest BCUT2D eigenvalue weighted by Gasteiger charge is -2.34. The quantitative estimate of drug-likeness (QED) is 0.866. The van der Waals surface area contributed by atoms with Crippen LogP contribution in [0.25, 0.3) is 0 Å². The van der Waals surface area contributed by atoms with Crippen molar-refractivity contribution in [1.82, 2.24) is 10.2 Å². The highest BCUT2D eigenvalue weighted by molar-refractivity contribution is 5.89. The van der Waals surface area contributed by atoms with Crippen molar-refractivity contribution in [3.8, 4) is 0 Å². The van der Waals surface area contributed by atoms with E-state index in [-0.39, 0.29) is 11.8 Å². The number of benzene rings is 2. The van der Waals surface area contributed by atoms with Crippen LogP contribution in [0.5, 0.6) is 0 Å². The first-order chi connectivity index (χ1) is 12.6. The van der Waals surface area contributed by atoms with Crippen molar-refractivity contribution in [2.75, 3.05) is 50.0 Å². The molecule has 6 heteroatoms. The zero-order valence-electron chi connectivity index (χ0n) is 15.0. The molecule has 5 nitrogen and oxygen atoms in total. The number of carbonyl (C=O) groups excluding carboxylic acids is 1. The number of likely N-dealkylation sites (N-methyl/N-ethyl adjacent to an activating group) is 1. The summed E-state index contributed by atoms with van der Waals surface area (Å²) in [6.45, 7) is 4.53. The zero-order valence-corrected chi connectivity index (χ0v) is 15.0. The number of nitrogens with zero attached hydrogens (tertiary/aromatic N) is 2. The molecule has 0 bridgehead atoms. The van der Waals surface area contributed by atoms with E-state index < -0.39 is 0 Å². The van der Waals surface area contributed by atoms with E-state index in [0.717, 1.165) is 31.9 Å². The normalized spacial score (nSPS) is 14.9. The molecule has 3 rings (SSSR count). The van der Waals surface area contributed by atoms with Crippen LogP contribution in [0.2, 0.25) is 0 Å². The number of rotatable bonds is 5. The summed E-state index contributed by atoms with van der Waals surface area (Å²) in [6.07, 6.45) is 0.461. The lowest BCUT2D eigenvalue weighted by molar-refractivity contribution is 0.252. The Bertz CT molecular complexity index is 727. The maximum atomic E-state index is 13.5. The van der Waals surface area contributed by atoms with Gasteiger partial charge in [0.05, 0.1) is 0 Å². The Morgan fingerprint density at radius 3 is 2.42 bits per heavy atom. The molecule has 0 spiro atoms. The number of piperazine rings is 1. The van der Waals surface area contributed by atoms with Gasteiger partial charge in [0.25, 0.3) is 0 Å². The zero-order chi connectivity index (χ0) is 18.4. The van der Waals surface area contributed by atoms with Gasteiger partial charge in [0.1, 0.15) is 5.82 Å². The Labute approximate surface area is 153 Å². The second-order valence-electron chi connectivity index (χ2n) is 6.56. The van der Waals surface area contributed by atoms with Gasteiger partial charge in [-0.1, -0.05) is 18.2 Å². The van der Waals surface area contributed by atoms with Crippen LogP contribution in [0, 0.1) is 5.82 Å². The summed E-state index contributed by atoms with van der Waals surface area (Å²) < 4.78 is 13.5. The second kappa shape index (κ2) is 8.67. The predicted molar refractivity (Wildman–Crippen MR) is 103 cm³/mol. The minimum absolute atomic E-state index is 0.241. The summed E-state index contributed by atoms with van der Waals surface area (Å²) >= 11 is 0. The maximum Gasteiger partial charge on any atom is 0.319 e. The van der Waals surface area contributed by atoms with Crippen LogP contribution in [0.3, 0.4) is 0 Å². The molecule has 26 heavy (non-hydrogen) atoms. The molecular formula is C20H25FN4O. The number of carbonyl (C=O) groups is 1. The van der Waals surface area contributed by atoms with E-state index >= 15 is 0 Å². The number of urea groups is 1. The van der Waals surface area contributed by atoms with E-state index in [2.05, 4.69) is 27.5 Å². The minimum Gasteiger partial charge on any atom is -0.369 e. The largest absolute Gasteiger partial charge is 0.369 e. The van der Waals surface area contributed by atoms with Gasteiger partial charge in [-0.3, -0.25) is 0 Å². The molecule has 0 atom stereocenters. The fraction of sp³-hybridized carbons (Fsp3) is 0.350. The molecule has 1 saturated heterocycles. The molecule has 2 aromatic rings. The molecule has 1 aliphatic heterocycles. The second-order valence-corrected chi connectivity index (χ2v) is 6.56. The Hall–Kier alpha value is -2.60. The van der Waals surface area contributed by atoms with Gasteiger partial charge in [-0.15, -0.1) is 0 Å². The van der Waals surface area contributed by atoms with Crippen LogP contribution in [-0.2, 0) is 6.42 Å². The molecule has 2 aromatic carbocycles. The van der Waals surface area contributed by atoms with Crippen LogP contribution in [0.15, 0.2) is 48.5 Å². The molecule has 0 saturated carbocycles. The summed E-state index contributed by atoms with van der Waals surface area (Å²) in [6, 6.07) is 14.2. The smallest absolute Gasteiger partial charge is 0.319 e. The van der Waals surface area contributed by atoms with E-state index in [1.54, 1.807) is 18.2 Å². The van der Waals surface area contributed by atoms with Gasteiger partial charge in [-0.2, -0.15) is 0 Å². The van der Waals surface area contributed by atoms with Crippen molar-refractivity contribution in [3.05, 3.63) is 59.9 Å². The van der Waals surface area contributed by atoms with E-state index in [4.69, 9.17) is 0 Å². The first kappa shape index (κ1) is 18.2. The number of nitrogens with one attached hydrogen (secondary N) is 2. The van der Waals surface area contributed by atoms with Gasteiger partial charge in [0.2, 0.25) is 0 Å². The Morgan fingerprint density at radius 1 is 1.04 bits per heavy atom. The summed E-state index contributed by atoms with van der Waals surface area (Å²) in [5.74, 6) is -0.241. The van der Waals surface area contributed by atoms with Gasteiger partial charge in [0, 0.05) is 44.1 Å². The highest BCUT2D eigenvalue weighted by atomic mass is 19.1. The third-order valence-corrected chi connectivity index (χ3v) is 4.63. The summed E-state index contributed by atoms with van der Waals surface area (Å²) in [4.78, 5) is 16.6. The Morgan fingerprint density at radius 2 is 1.73 bits per heavy atom. The van der Waals surface area contributed by atoms with Crippen LogP contribution >= 0.6 is 0 Å². The highest BCUT2D eigenvalue weighted by Crippen LogP contribution is 2.19. The number of anilines is 2. The van der Waals surface area contributed by atoms with Crippen LogP contribution in [0.4, 0.5) is 20.6 Å². The molecule has 0 radical (unpaired) electrons. The van der Waals surface area contributed by atoms with Crippen LogP contribution in [0.1, 0.15) is 5.56 Å². The molecule has 2 amide bonds. The topological polar surface area (TPSA) is 47.6 Å². The minimum atomic E-state index is -0.284. The van der Waals surface area contributed by atoms with Crippen LogP contribution < -0.4 is 15.5 Å². The van der Waals surface area contributed by atoms with Crippen molar-refractivity contribution >= 4 is 17.4 Å². The molecule has 2 N–H and O–H groups in total. The molecule has 0 unspecified atom stereocenters. The van der Waals surface area contributed by atoms with Gasteiger partial charge in [-0.05, 0) is 49.4 Å². The lowest BCUT2D eigenvalue weighted by Crippen LogP contribution is -2.44. The fourth-order valence-electron chi connectivity index (χ4n) is 3.01. The van der Waals surface area contributed by atoms with Crippen molar-refractivity contribution in [2.45, 2.75) is 6.42 Å². The van der Waals surface area contributed by atoms with Crippen molar-refractivity contribution < 1.29 is 9.18 Å². The van der Waals surface area contributed by atoms with Gasteiger partial charge in [0.15, 0.2) is 0 Å². The Balaban J connectivity index is 1.45.